The first-order chi connectivity index (χ1) is 8.08. The molecule has 0 unspecified atom stereocenters. The Labute approximate surface area is 100 Å². The second-order valence-electron chi connectivity index (χ2n) is 3.47. The second-order valence-corrected chi connectivity index (χ2v) is 5.15. The van der Waals surface area contributed by atoms with E-state index >= 15 is 0 Å². The van der Waals surface area contributed by atoms with Crippen molar-refractivity contribution in [3.63, 3.8) is 0 Å². The first-order valence-corrected chi connectivity index (χ1v) is 6.41. The largest absolute Gasteiger partial charge is 0.399 e. The van der Waals surface area contributed by atoms with Crippen LogP contribution in [0.5, 0.6) is 0 Å². The van der Waals surface area contributed by atoms with Crippen LogP contribution in [0.2, 0.25) is 0 Å². The molecule has 1 radical (unpaired) electrons. The molecular weight excluding hydrogens is 236 g/mol. The van der Waals surface area contributed by atoms with E-state index < -0.39 is 10.0 Å². The van der Waals surface area contributed by atoms with Gasteiger partial charge < -0.3 is 5.73 Å². The number of nitrogen functional groups attached to an aromatic ring is 1. The molecule has 2 rings (SSSR count). The number of sulfonamides is 1. The molecule has 4 nitrogen and oxygen atoms in total. The molecule has 0 aliphatic rings. The molecule has 2 aromatic carbocycles. The maximum absolute atomic E-state index is 11.9. The van der Waals surface area contributed by atoms with Crippen LogP contribution >= 0.6 is 0 Å². The monoisotopic (exact) mass is 247 g/mol. The third-order valence-electron chi connectivity index (χ3n) is 2.15. The van der Waals surface area contributed by atoms with E-state index in [1.807, 2.05) is 0 Å². The predicted octanol–water partition coefficient (Wildman–Crippen LogP) is 1.87. The Morgan fingerprint density at radius 2 is 1.82 bits per heavy atom. The van der Waals surface area contributed by atoms with Crippen molar-refractivity contribution < 1.29 is 8.42 Å². The highest BCUT2D eigenvalue weighted by atomic mass is 32.2. The van der Waals surface area contributed by atoms with Gasteiger partial charge >= 0.3 is 0 Å². The Balaban J connectivity index is 2.29. The molecule has 0 atom stereocenters. The Hall–Kier alpha value is -2.01. The van der Waals surface area contributed by atoms with Gasteiger partial charge in [-0.2, -0.15) is 0 Å². The highest BCUT2D eigenvalue weighted by Crippen LogP contribution is 2.16. The number of hydrogen-bond donors (Lipinski definition) is 2. The van der Waals surface area contributed by atoms with Crippen LogP contribution in [0.1, 0.15) is 0 Å². The molecule has 3 N–H and O–H groups in total. The number of nitrogens with one attached hydrogen (secondary N) is 1. The third-order valence-corrected chi connectivity index (χ3v) is 3.55. The molecule has 0 heterocycles. The van der Waals surface area contributed by atoms with Gasteiger partial charge in [0, 0.05) is 11.4 Å². The predicted molar refractivity (Wildman–Crippen MR) is 66.9 cm³/mol. The van der Waals surface area contributed by atoms with Gasteiger partial charge in [0.15, 0.2) is 0 Å². The van der Waals surface area contributed by atoms with Crippen LogP contribution < -0.4 is 10.5 Å². The maximum Gasteiger partial charge on any atom is 0.261 e. The van der Waals surface area contributed by atoms with Crippen molar-refractivity contribution >= 4 is 21.4 Å². The maximum atomic E-state index is 11.9. The molecule has 0 spiro atoms. The normalized spacial score (nSPS) is 11.1. The van der Waals surface area contributed by atoms with E-state index in [1.54, 1.807) is 36.4 Å². The standard InChI is InChI=1S/C12H11N2O2S/c13-10-6-8-12(9-7-10)17(15,16)14-11-4-2-1-3-5-11/h1-2,4-9,14H,13H2. The van der Waals surface area contributed by atoms with Crippen molar-refractivity contribution in [2.45, 2.75) is 4.90 Å². The number of benzene rings is 2. The number of hydrogen-bond acceptors (Lipinski definition) is 3. The van der Waals surface area contributed by atoms with Gasteiger partial charge in [-0.15, -0.1) is 0 Å². The number of anilines is 2. The first kappa shape index (κ1) is 11.5. The van der Waals surface area contributed by atoms with E-state index in [0.717, 1.165) is 0 Å². The van der Waals surface area contributed by atoms with Gasteiger partial charge in [-0.1, -0.05) is 12.1 Å². The summed E-state index contributed by atoms with van der Waals surface area (Å²) in [6, 6.07) is 15.4. The van der Waals surface area contributed by atoms with E-state index in [9.17, 15) is 8.42 Å². The molecule has 0 aromatic heterocycles. The zero-order chi connectivity index (χ0) is 12.3. The number of rotatable bonds is 3. The van der Waals surface area contributed by atoms with Crippen molar-refractivity contribution in [1.29, 1.82) is 0 Å². The summed E-state index contributed by atoms with van der Waals surface area (Å²) >= 11 is 0. The lowest BCUT2D eigenvalue weighted by Gasteiger charge is -2.07. The van der Waals surface area contributed by atoms with E-state index in [2.05, 4.69) is 10.8 Å². The molecule has 0 amide bonds. The minimum absolute atomic E-state index is 0.176. The van der Waals surface area contributed by atoms with Gasteiger partial charge in [-0.05, 0) is 42.5 Å². The molecule has 0 aliphatic heterocycles. The van der Waals surface area contributed by atoms with Crippen LogP contribution in [-0.2, 0) is 10.0 Å². The van der Waals surface area contributed by atoms with Gasteiger partial charge in [0.1, 0.15) is 0 Å². The van der Waals surface area contributed by atoms with E-state index in [-0.39, 0.29) is 4.90 Å². The Bertz CT molecular complexity index is 592. The zero-order valence-electron chi connectivity index (χ0n) is 8.92. The third kappa shape index (κ3) is 2.76. The average Bonchev–Trinajstić information content (AvgIpc) is 2.30. The van der Waals surface area contributed by atoms with Crippen LogP contribution in [0.25, 0.3) is 0 Å². The van der Waals surface area contributed by atoms with Crippen molar-refractivity contribution in [3.8, 4) is 0 Å². The fourth-order valence-electron chi connectivity index (χ4n) is 1.32. The lowest BCUT2D eigenvalue weighted by molar-refractivity contribution is 0.601. The van der Waals surface area contributed by atoms with Gasteiger partial charge in [0.05, 0.1) is 4.90 Å². The highest BCUT2D eigenvalue weighted by Gasteiger charge is 2.13. The summed E-state index contributed by atoms with van der Waals surface area (Å²) in [6.07, 6.45) is 0. The molecule has 0 aliphatic carbocycles. The van der Waals surface area contributed by atoms with E-state index in [1.165, 1.54) is 12.1 Å². The fourth-order valence-corrected chi connectivity index (χ4v) is 2.37. The average molecular weight is 247 g/mol. The Morgan fingerprint density at radius 3 is 2.41 bits per heavy atom. The van der Waals surface area contributed by atoms with Gasteiger partial charge in [0.25, 0.3) is 10.0 Å². The second kappa shape index (κ2) is 4.47. The summed E-state index contributed by atoms with van der Waals surface area (Å²) in [6.45, 7) is 0. The summed E-state index contributed by atoms with van der Waals surface area (Å²) in [7, 11) is -3.56. The van der Waals surface area contributed by atoms with Crippen molar-refractivity contribution in [3.05, 3.63) is 54.6 Å². The van der Waals surface area contributed by atoms with Gasteiger partial charge in [-0.3, -0.25) is 4.72 Å². The summed E-state index contributed by atoms with van der Waals surface area (Å²) in [4.78, 5) is 0.176. The summed E-state index contributed by atoms with van der Waals surface area (Å²) in [5.74, 6) is 0. The summed E-state index contributed by atoms with van der Waals surface area (Å²) < 4.78 is 26.3. The molecular formula is C12H11N2O2S. The van der Waals surface area contributed by atoms with Crippen LogP contribution in [0, 0.1) is 6.07 Å². The molecule has 87 valence electrons. The van der Waals surface area contributed by atoms with Crippen LogP contribution in [-0.4, -0.2) is 8.42 Å². The summed E-state index contributed by atoms with van der Waals surface area (Å²) in [5.41, 5.74) is 6.50. The van der Waals surface area contributed by atoms with Gasteiger partial charge in [-0.25, -0.2) is 8.42 Å². The smallest absolute Gasteiger partial charge is 0.261 e. The van der Waals surface area contributed by atoms with Crippen LogP contribution in [0.4, 0.5) is 11.4 Å². The molecule has 0 fully saturated rings. The topological polar surface area (TPSA) is 72.2 Å². The Morgan fingerprint density at radius 1 is 1.12 bits per heavy atom. The number of nitrogens with two attached hydrogens (primary N) is 1. The lowest BCUT2D eigenvalue weighted by atomic mass is 10.3. The van der Waals surface area contributed by atoms with E-state index in [4.69, 9.17) is 5.73 Å². The quantitative estimate of drug-likeness (QED) is 0.813. The van der Waals surface area contributed by atoms with Crippen LogP contribution in [0.15, 0.2) is 53.4 Å². The minimum atomic E-state index is -3.56. The SMILES string of the molecule is Nc1ccc(S(=O)(=O)Nc2c[c]ccc2)cc1. The first-order valence-electron chi connectivity index (χ1n) is 4.92. The van der Waals surface area contributed by atoms with Gasteiger partial charge in [0.2, 0.25) is 0 Å². The highest BCUT2D eigenvalue weighted by molar-refractivity contribution is 7.92. The van der Waals surface area contributed by atoms with Crippen molar-refractivity contribution in [1.82, 2.24) is 0 Å². The molecule has 0 saturated heterocycles. The zero-order valence-corrected chi connectivity index (χ0v) is 9.74. The molecule has 17 heavy (non-hydrogen) atoms. The molecule has 2 aromatic rings. The Kier molecular flexibility index (Phi) is 3.01. The molecule has 5 heteroatoms. The molecule has 0 saturated carbocycles. The molecule has 0 bridgehead atoms. The van der Waals surface area contributed by atoms with Crippen molar-refractivity contribution in [2.24, 2.45) is 0 Å². The summed E-state index contributed by atoms with van der Waals surface area (Å²) in [5, 5.41) is 0. The van der Waals surface area contributed by atoms with Crippen LogP contribution in [0.3, 0.4) is 0 Å². The van der Waals surface area contributed by atoms with Crippen molar-refractivity contribution in [2.75, 3.05) is 10.5 Å². The van der Waals surface area contributed by atoms with E-state index in [0.29, 0.717) is 11.4 Å². The fraction of sp³-hybridized carbons (Fsp3) is 0. The lowest BCUT2D eigenvalue weighted by Crippen LogP contribution is -2.12. The minimum Gasteiger partial charge on any atom is -0.399 e.